The molecule has 166 valence electrons. The Bertz CT molecular complexity index is 1020. The maximum absolute atomic E-state index is 12.2. The van der Waals surface area contributed by atoms with E-state index in [4.69, 9.17) is 0 Å². The molecular weight excluding hydrogens is 420 g/mol. The minimum Gasteiger partial charge on any atom is -0.508 e. The van der Waals surface area contributed by atoms with Crippen molar-refractivity contribution in [3.05, 3.63) is 78.9 Å². The Morgan fingerprint density at radius 1 is 0.781 bits per heavy atom. The van der Waals surface area contributed by atoms with Crippen LogP contribution in [0.2, 0.25) is 0 Å². The van der Waals surface area contributed by atoms with Crippen LogP contribution in [0.25, 0.3) is 11.1 Å². The van der Waals surface area contributed by atoms with E-state index in [1.165, 1.54) is 11.8 Å². The second-order valence-electron chi connectivity index (χ2n) is 7.44. The van der Waals surface area contributed by atoms with Gasteiger partial charge in [-0.25, -0.2) is 0 Å². The van der Waals surface area contributed by atoms with Crippen molar-refractivity contribution in [3.8, 4) is 16.9 Å². The SMILES string of the molecule is O=C(CSc1cccc(O)c1)NCCCCCC(=O)Nc1cccc(-c2ccccc2)c1. The molecule has 0 heterocycles. The van der Waals surface area contributed by atoms with Crippen molar-refractivity contribution in [2.45, 2.75) is 30.6 Å². The lowest BCUT2D eigenvalue weighted by atomic mass is 10.1. The second kappa shape index (κ2) is 12.6. The number of nitrogens with one attached hydrogen (secondary N) is 2. The quantitative estimate of drug-likeness (QED) is 0.269. The van der Waals surface area contributed by atoms with Crippen molar-refractivity contribution in [2.75, 3.05) is 17.6 Å². The van der Waals surface area contributed by atoms with Crippen LogP contribution in [0, 0.1) is 0 Å². The minimum absolute atomic E-state index is 0.00163. The normalized spacial score (nSPS) is 10.5. The first-order valence-electron chi connectivity index (χ1n) is 10.7. The number of hydrogen-bond donors (Lipinski definition) is 3. The van der Waals surface area contributed by atoms with Crippen molar-refractivity contribution >= 4 is 29.3 Å². The van der Waals surface area contributed by atoms with Gasteiger partial charge >= 0.3 is 0 Å². The lowest BCUT2D eigenvalue weighted by Crippen LogP contribution is -2.26. The summed E-state index contributed by atoms with van der Waals surface area (Å²) in [4.78, 5) is 25.0. The van der Waals surface area contributed by atoms with Gasteiger partial charge in [0.2, 0.25) is 11.8 Å². The van der Waals surface area contributed by atoms with Crippen LogP contribution in [0.15, 0.2) is 83.8 Å². The molecule has 6 heteroatoms. The number of aromatic hydroxyl groups is 1. The van der Waals surface area contributed by atoms with Gasteiger partial charge in [-0.1, -0.05) is 55.0 Å². The fourth-order valence-electron chi connectivity index (χ4n) is 3.22. The van der Waals surface area contributed by atoms with Gasteiger partial charge in [0.1, 0.15) is 5.75 Å². The summed E-state index contributed by atoms with van der Waals surface area (Å²) < 4.78 is 0. The van der Waals surface area contributed by atoms with E-state index in [0.29, 0.717) is 18.7 Å². The monoisotopic (exact) mass is 448 g/mol. The van der Waals surface area contributed by atoms with Crippen molar-refractivity contribution in [2.24, 2.45) is 0 Å². The zero-order chi connectivity index (χ0) is 22.6. The molecule has 0 aliphatic rings. The minimum atomic E-state index is -0.0330. The Kier molecular flexibility index (Phi) is 9.20. The number of phenols is 1. The Hall–Kier alpha value is -3.25. The highest BCUT2D eigenvalue weighted by molar-refractivity contribution is 8.00. The van der Waals surface area contributed by atoms with Crippen LogP contribution >= 0.6 is 11.8 Å². The third-order valence-electron chi connectivity index (χ3n) is 4.84. The summed E-state index contributed by atoms with van der Waals surface area (Å²) in [5.74, 6) is 0.480. The molecule has 0 saturated carbocycles. The Morgan fingerprint density at radius 2 is 1.56 bits per heavy atom. The second-order valence-corrected chi connectivity index (χ2v) is 8.49. The molecular formula is C26H28N2O3S. The average molecular weight is 449 g/mol. The van der Waals surface area contributed by atoms with E-state index < -0.39 is 0 Å². The number of carbonyl (C=O) groups excluding carboxylic acids is 2. The first kappa shape index (κ1) is 23.4. The zero-order valence-corrected chi connectivity index (χ0v) is 18.7. The van der Waals surface area contributed by atoms with E-state index in [9.17, 15) is 14.7 Å². The number of amides is 2. The predicted molar refractivity (Wildman–Crippen MR) is 131 cm³/mol. The third kappa shape index (κ3) is 8.12. The molecule has 2 amide bonds. The number of thioether (sulfide) groups is 1. The standard InChI is InChI=1S/C26H28N2O3S/c29-23-13-8-14-24(18-23)32-19-26(31)27-16-6-2-5-15-25(30)28-22-12-7-11-21(17-22)20-9-3-1-4-10-20/h1,3-4,7-14,17-18,29H,2,5-6,15-16,19H2,(H,27,31)(H,28,30). The molecule has 0 unspecified atom stereocenters. The van der Waals surface area contributed by atoms with E-state index in [-0.39, 0.29) is 17.6 Å². The average Bonchev–Trinajstić information content (AvgIpc) is 2.81. The lowest BCUT2D eigenvalue weighted by molar-refractivity contribution is -0.118. The summed E-state index contributed by atoms with van der Waals surface area (Å²) in [6, 6.07) is 24.8. The van der Waals surface area contributed by atoms with E-state index in [0.717, 1.165) is 41.0 Å². The van der Waals surface area contributed by atoms with Crippen molar-refractivity contribution in [3.63, 3.8) is 0 Å². The zero-order valence-electron chi connectivity index (χ0n) is 17.9. The van der Waals surface area contributed by atoms with Crippen LogP contribution in [-0.4, -0.2) is 29.2 Å². The molecule has 0 aliphatic heterocycles. The van der Waals surface area contributed by atoms with Gasteiger partial charge in [0.25, 0.3) is 0 Å². The van der Waals surface area contributed by atoms with Crippen LogP contribution in [0.4, 0.5) is 5.69 Å². The molecule has 0 aromatic heterocycles. The van der Waals surface area contributed by atoms with Crippen LogP contribution in [0.1, 0.15) is 25.7 Å². The number of rotatable bonds is 11. The highest BCUT2D eigenvalue weighted by Crippen LogP contribution is 2.23. The van der Waals surface area contributed by atoms with Gasteiger partial charge in [0.05, 0.1) is 5.75 Å². The first-order valence-corrected chi connectivity index (χ1v) is 11.7. The molecule has 0 saturated heterocycles. The molecule has 0 spiro atoms. The number of carbonyl (C=O) groups is 2. The van der Waals surface area contributed by atoms with Crippen LogP contribution < -0.4 is 10.6 Å². The summed E-state index contributed by atoms with van der Waals surface area (Å²) in [5.41, 5.74) is 2.99. The first-order chi connectivity index (χ1) is 15.6. The highest BCUT2D eigenvalue weighted by atomic mass is 32.2. The number of hydrogen-bond acceptors (Lipinski definition) is 4. The van der Waals surface area contributed by atoms with Crippen LogP contribution in [-0.2, 0) is 9.59 Å². The number of phenolic OH excluding ortho intramolecular Hbond substituents is 1. The molecule has 3 aromatic carbocycles. The van der Waals surface area contributed by atoms with Gasteiger partial charge in [0.15, 0.2) is 0 Å². The topological polar surface area (TPSA) is 78.4 Å². The van der Waals surface area contributed by atoms with E-state index in [2.05, 4.69) is 10.6 Å². The maximum atomic E-state index is 12.2. The van der Waals surface area contributed by atoms with E-state index in [1.807, 2.05) is 60.7 Å². The molecule has 0 aliphatic carbocycles. The summed E-state index contributed by atoms with van der Waals surface area (Å²) in [5, 5.41) is 15.3. The number of benzene rings is 3. The molecule has 0 fully saturated rings. The van der Waals surface area contributed by atoms with Crippen LogP contribution in [0.3, 0.4) is 0 Å². The molecule has 0 atom stereocenters. The molecule has 3 N–H and O–H groups in total. The number of anilines is 1. The molecule has 0 radical (unpaired) electrons. The van der Waals surface area contributed by atoms with Gasteiger partial charge in [0, 0.05) is 23.5 Å². The molecule has 3 aromatic rings. The maximum Gasteiger partial charge on any atom is 0.230 e. The van der Waals surface area contributed by atoms with Crippen LogP contribution in [0.5, 0.6) is 5.75 Å². The van der Waals surface area contributed by atoms with Gasteiger partial charge in [-0.15, -0.1) is 11.8 Å². The summed E-state index contributed by atoms with van der Waals surface area (Å²) >= 11 is 1.39. The Balaban J connectivity index is 1.28. The van der Waals surface area contributed by atoms with E-state index in [1.54, 1.807) is 18.2 Å². The fourth-order valence-corrected chi connectivity index (χ4v) is 4.00. The van der Waals surface area contributed by atoms with Gasteiger partial charge < -0.3 is 15.7 Å². The van der Waals surface area contributed by atoms with Crippen molar-refractivity contribution in [1.29, 1.82) is 0 Å². The largest absolute Gasteiger partial charge is 0.508 e. The van der Waals surface area contributed by atoms with Gasteiger partial charge in [-0.3, -0.25) is 9.59 Å². The molecule has 3 rings (SSSR count). The summed E-state index contributed by atoms with van der Waals surface area (Å²) in [6.45, 7) is 0.597. The number of unbranched alkanes of at least 4 members (excludes halogenated alkanes) is 2. The third-order valence-corrected chi connectivity index (χ3v) is 5.84. The fraction of sp³-hybridized carbons (Fsp3) is 0.231. The molecule has 5 nitrogen and oxygen atoms in total. The predicted octanol–water partition coefficient (Wildman–Crippen LogP) is 5.47. The smallest absolute Gasteiger partial charge is 0.230 e. The van der Waals surface area contributed by atoms with Crippen molar-refractivity contribution in [1.82, 2.24) is 5.32 Å². The van der Waals surface area contributed by atoms with Gasteiger partial charge in [-0.05, 0) is 54.3 Å². The van der Waals surface area contributed by atoms with E-state index >= 15 is 0 Å². The van der Waals surface area contributed by atoms with Gasteiger partial charge in [-0.2, -0.15) is 0 Å². The summed E-state index contributed by atoms with van der Waals surface area (Å²) in [6.07, 6.45) is 2.94. The van der Waals surface area contributed by atoms with Crippen molar-refractivity contribution < 1.29 is 14.7 Å². The Morgan fingerprint density at radius 3 is 2.38 bits per heavy atom. The summed E-state index contributed by atoms with van der Waals surface area (Å²) in [7, 11) is 0. The Labute approximate surface area is 193 Å². The lowest BCUT2D eigenvalue weighted by Gasteiger charge is -2.08. The molecule has 32 heavy (non-hydrogen) atoms. The highest BCUT2D eigenvalue weighted by Gasteiger charge is 2.05. The molecule has 0 bridgehead atoms.